The Labute approximate surface area is 733 Å². The fourth-order valence-corrected chi connectivity index (χ4v) is 37.8. The number of carboxylic acid groups (broad SMARTS) is 2. The number of fused-ring (bicyclic) bond motifs is 20. The van der Waals surface area contributed by atoms with Crippen LogP contribution in [0.15, 0.2) is 0 Å². The number of carbonyl (C=O) groups is 7. The molecule has 0 bridgehead atoms. The third kappa shape index (κ3) is 16.2. The Hall–Kier alpha value is -3.07. The van der Waals surface area contributed by atoms with Gasteiger partial charge in [0.1, 0.15) is 23.1 Å². The number of ketones is 4. The van der Waals surface area contributed by atoms with Gasteiger partial charge in [-0.2, -0.15) is 0 Å². The van der Waals surface area contributed by atoms with Crippen LogP contribution in [0.4, 0.5) is 0 Å². The number of aliphatic carboxylic acids is 2. The van der Waals surface area contributed by atoms with Crippen molar-refractivity contribution in [3.8, 4) is 0 Å². The molecular formula is C107H176O14. The fourth-order valence-electron chi connectivity index (χ4n) is 37.8. The molecule has 14 nitrogen and oxygen atoms in total. The molecule has 17 unspecified atom stereocenters. The van der Waals surface area contributed by atoms with Crippen LogP contribution in [-0.4, -0.2) is 103 Å². The Kier molecular flexibility index (Phi) is 29.0. The molecule has 688 valence electrons. The van der Waals surface area contributed by atoms with Crippen LogP contribution >= 0.6 is 0 Å². The van der Waals surface area contributed by atoms with E-state index < -0.39 is 24.0 Å². The van der Waals surface area contributed by atoms with Crippen molar-refractivity contribution in [2.45, 2.75) is 400 Å². The summed E-state index contributed by atoms with van der Waals surface area (Å²) in [5, 5.41) is 65.6. The molecule has 14 heteroatoms. The highest BCUT2D eigenvalue weighted by molar-refractivity contribution is 5.92. The van der Waals surface area contributed by atoms with Crippen molar-refractivity contribution in [2.24, 2.45) is 221 Å². The van der Waals surface area contributed by atoms with E-state index in [1.165, 1.54) is 96.3 Å². The van der Waals surface area contributed by atoms with Gasteiger partial charge in [-0.1, -0.05) is 176 Å². The van der Waals surface area contributed by atoms with E-state index in [2.05, 4.69) is 118 Å². The van der Waals surface area contributed by atoms with E-state index in [-0.39, 0.29) is 105 Å². The fraction of sp³-hybridized carbons (Fsp3) is 0.935. The first-order valence-electron chi connectivity index (χ1n) is 51.5. The zero-order valence-corrected chi connectivity index (χ0v) is 79.9. The van der Waals surface area contributed by atoms with Gasteiger partial charge in [-0.15, -0.1) is 0 Å². The summed E-state index contributed by atoms with van der Waals surface area (Å²) < 4.78 is 5.28. The van der Waals surface area contributed by atoms with E-state index in [1.807, 2.05) is 20.8 Å². The summed E-state index contributed by atoms with van der Waals surface area (Å²) in [6.07, 6.45) is 37.1. The van der Waals surface area contributed by atoms with E-state index in [4.69, 9.17) is 4.74 Å². The van der Waals surface area contributed by atoms with Crippen molar-refractivity contribution >= 4 is 41.0 Å². The molecule has 0 aromatic rings. The molecule has 0 amide bonds. The Morgan fingerprint density at radius 2 is 0.595 bits per heavy atom. The zero-order chi connectivity index (χ0) is 88.2. The van der Waals surface area contributed by atoms with Gasteiger partial charge < -0.3 is 35.4 Å². The number of Topliss-reactive ketones (excluding diaryl/α,β-unsaturated/α-hetero) is 4. The van der Waals surface area contributed by atoms with Gasteiger partial charge in [-0.25, -0.2) is 0 Å². The summed E-state index contributed by atoms with van der Waals surface area (Å²) in [5.74, 6) is 10.9. The lowest BCUT2D eigenvalue weighted by Gasteiger charge is -2.64. The Balaban J connectivity index is 0.000000140. The lowest BCUT2D eigenvalue weighted by molar-refractivity contribution is -0.195. The second-order valence-corrected chi connectivity index (χ2v) is 48.2. The zero-order valence-electron chi connectivity index (χ0n) is 79.9. The maximum Gasteiger partial charge on any atom is 0.317 e. The van der Waals surface area contributed by atoms with E-state index in [1.54, 1.807) is 0 Å². The van der Waals surface area contributed by atoms with Crippen molar-refractivity contribution in [1.82, 2.24) is 0 Å². The van der Waals surface area contributed by atoms with Crippen LogP contribution in [0.25, 0.3) is 0 Å². The highest BCUT2D eigenvalue weighted by atomic mass is 16.5. The van der Waals surface area contributed by atoms with Gasteiger partial charge in [-0.05, 0) is 357 Å². The van der Waals surface area contributed by atoms with Gasteiger partial charge in [0.15, 0.2) is 5.92 Å². The number of ether oxygens (including phenoxy) is 1. The molecule has 0 saturated heterocycles. The number of hydrogen-bond donors (Lipinski definition) is 6. The number of esters is 1. The lowest BCUT2D eigenvalue weighted by atomic mass is 9.41. The monoisotopic (exact) mass is 1690 g/mol. The third-order valence-electron chi connectivity index (χ3n) is 44.0. The maximum atomic E-state index is 12.4. The number of aliphatic hydroxyl groups excluding tert-OH is 4. The van der Waals surface area contributed by atoms with Crippen LogP contribution in [0.1, 0.15) is 376 Å². The van der Waals surface area contributed by atoms with Crippen molar-refractivity contribution in [2.75, 3.05) is 6.61 Å². The van der Waals surface area contributed by atoms with Crippen molar-refractivity contribution in [1.29, 1.82) is 0 Å². The van der Waals surface area contributed by atoms with Crippen molar-refractivity contribution in [3.05, 3.63) is 0 Å². The highest BCUT2D eigenvalue weighted by Gasteiger charge is 2.71. The molecule has 0 aromatic carbocycles. The number of hydrogen-bond acceptors (Lipinski definition) is 12. The molecule has 16 rings (SSSR count). The highest BCUT2D eigenvalue weighted by Crippen LogP contribution is 2.75. The predicted molar refractivity (Wildman–Crippen MR) is 479 cm³/mol. The number of carbonyl (C=O) groups excluding carboxylic acids is 5. The van der Waals surface area contributed by atoms with Gasteiger partial charge in [0.25, 0.3) is 0 Å². The molecule has 0 spiro atoms. The van der Waals surface area contributed by atoms with Gasteiger partial charge in [0.2, 0.25) is 0 Å². The Morgan fingerprint density at radius 1 is 0.339 bits per heavy atom. The van der Waals surface area contributed by atoms with Crippen molar-refractivity contribution in [3.63, 3.8) is 0 Å². The number of carboxylic acids is 2. The molecule has 41 atom stereocenters. The second kappa shape index (κ2) is 36.7. The molecule has 121 heavy (non-hydrogen) atoms. The summed E-state index contributed by atoms with van der Waals surface area (Å²) in [6, 6.07) is 0. The molecular weight excluding hydrogens is 1510 g/mol. The summed E-state index contributed by atoms with van der Waals surface area (Å²) in [6.45, 7) is 47.0. The van der Waals surface area contributed by atoms with Gasteiger partial charge >= 0.3 is 17.9 Å². The average molecular weight is 1690 g/mol. The number of aliphatic hydroxyl groups is 4. The summed E-state index contributed by atoms with van der Waals surface area (Å²) in [7, 11) is 0. The Bertz CT molecular complexity index is 3650. The Morgan fingerprint density at radius 3 is 0.843 bits per heavy atom. The topological polar surface area (TPSA) is 250 Å². The van der Waals surface area contributed by atoms with Crippen LogP contribution < -0.4 is 0 Å². The molecule has 16 aliphatic carbocycles. The van der Waals surface area contributed by atoms with Crippen LogP contribution in [0, 0.1) is 221 Å². The minimum absolute atomic E-state index is 0.00487. The predicted octanol–water partition coefficient (Wildman–Crippen LogP) is 22.8. The SMILES string of the molecule is CCC[C@@H](C)C1CCC2C3C(CC[C@@]21C)[C@@]1(C)CCC(=O)C[C@H]1[C@@H](CC)[C@H]3O.CCOC(=O)C(C)C[C@@H](C)C1CCC2C3C(CC[C@@]21C)[C@@]1(C)CCC(=O)C[C@H]1[C@@H](CC)[C@H]3O.CC[C@H]1[C@@H](O)C2C3CCC([C@H](C)CC(C(=O)O)C(=O)O)[C@@]3(C)CCC2[C@@]2(C)CCC(=O)C[C@@H]12.CC[C@H]1[C@@H](O)C2C3CCC([C@H](C)CC)[C@@]3(C)CCC2[C@@]2(C)CCC(=O)C[C@@H]12. The maximum absolute atomic E-state index is 12.4. The quantitative estimate of drug-likeness (QED) is 0.0520. The van der Waals surface area contributed by atoms with E-state index >= 15 is 0 Å². The minimum atomic E-state index is -1.36. The van der Waals surface area contributed by atoms with Crippen LogP contribution in [0.5, 0.6) is 0 Å². The second-order valence-electron chi connectivity index (χ2n) is 48.2. The molecule has 0 radical (unpaired) electrons. The first-order chi connectivity index (χ1) is 57.1. The number of rotatable bonds is 19. The van der Waals surface area contributed by atoms with Crippen LogP contribution in [0.2, 0.25) is 0 Å². The summed E-state index contributed by atoms with van der Waals surface area (Å²) in [4.78, 5) is 84.7. The first kappa shape index (κ1) is 95.5. The van der Waals surface area contributed by atoms with E-state index in [0.717, 1.165) is 139 Å². The molecule has 0 heterocycles. The van der Waals surface area contributed by atoms with Crippen molar-refractivity contribution < 1.29 is 68.9 Å². The molecule has 16 saturated carbocycles. The smallest absolute Gasteiger partial charge is 0.317 e. The third-order valence-corrected chi connectivity index (χ3v) is 44.0. The van der Waals surface area contributed by atoms with Crippen LogP contribution in [-0.2, 0) is 38.3 Å². The molecule has 16 fully saturated rings. The lowest BCUT2D eigenvalue weighted by Crippen LogP contribution is -2.62. The molecule has 0 aliphatic heterocycles. The van der Waals surface area contributed by atoms with E-state index in [0.29, 0.717) is 166 Å². The largest absolute Gasteiger partial charge is 0.481 e. The summed E-state index contributed by atoms with van der Waals surface area (Å²) in [5.41, 5.74) is 1.91. The van der Waals surface area contributed by atoms with E-state index in [9.17, 15) is 64.2 Å². The molecule has 0 aromatic heterocycles. The molecule has 6 N–H and O–H groups in total. The summed E-state index contributed by atoms with van der Waals surface area (Å²) >= 11 is 0. The van der Waals surface area contributed by atoms with Gasteiger partial charge in [0.05, 0.1) is 36.9 Å². The normalized spacial score (nSPS) is 49.1. The minimum Gasteiger partial charge on any atom is -0.481 e. The van der Waals surface area contributed by atoms with Gasteiger partial charge in [-0.3, -0.25) is 33.6 Å². The van der Waals surface area contributed by atoms with Crippen LogP contribution in [0.3, 0.4) is 0 Å². The van der Waals surface area contributed by atoms with Gasteiger partial charge in [0, 0.05) is 51.4 Å². The first-order valence-corrected chi connectivity index (χ1v) is 51.5. The average Bonchev–Trinajstić information content (AvgIpc) is 1.70. The molecule has 16 aliphatic rings. The standard InChI is InChI=1S/C29H48O4.C27H42O6.C26H44O2.C25H42O2/c1-7-20-24-16-19(30)11-13-29(24,6)23-12-14-28(5)21(9-10-22(28)25(23)26(20)31)17(3)15-18(4)27(32)33-8-2;1-5-16-21-13-15(28)8-10-27(21,4)20-9-11-26(3)18(6-7-19(26)22(20)23(16)29)14(2)12-17(24(30)31)25(32)33;1-6-8-16(3)19-9-10-20-23-21(12-14-25(19,20)4)26(5)13-11-17(27)15-22(26)18(7-2)24(23)28;1-6-15(3)18-8-9-19-22-20(11-13-24(18,19)4)25(5)12-10-16(26)14-21(25)17(7-2)23(22)27/h17-18,20-26,31H,7-16H2,1-6H3;14,16-23,29H,5-13H2,1-4H3,(H,30,31)(H,32,33);16,18-24,28H,6-15H2,1-5H3;15,17-23,27H,6-14H2,1-5H3/t17-,18?,20-,21?,22?,23?,24+,25?,26-,28-,29-;14-,16-,18?,19?,20?,21+,22?,23-,26-,27-;16-,18-,19?,20?,21?,22+,23?,24-,25-,26-;15-,17-,18?,19?,20?,21+,22?,23-,24-,25-/m1111/s1.